The van der Waals surface area contributed by atoms with Crippen LogP contribution in [0, 0.1) is 12.8 Å². The number of hydrogen-bond donors (Lipinski definition) is 1. The smallest absolute Gasteiger partial charge is 0.289 e. The maximum absolute atomic E-state index is 12.2. The molecule has 1 saturated heterocycles. The van der Waals surface area contributed by atoms with Crippen molar-refractivity contribution in [1.29, 1.82) is 0 Å². The van der Waals surface area contributed by atoms with Crippen LogP contribution in [0.5, 0.6) is 0 Å². The highest BCUT2D eigenvalue weighted by Gasteiger charge is 2.27. The van der Waals surface area contributed by atoms with Gasteiger partial charge in [-0.15, -0.1) is 12.4 Å². The van der Waals surface area contributed by atoms with E-state index in [0.29, 0.717) is 11.7 Å². The lowest BCUT2D eigenvalue weighted by atomic mass is 9.92. The lowest BCUT2D eigenvalue weighted by Gasteiger charge is -2.34. The Morgan fingerprint density at radius 2 is 2.28 bits per heavy atom. The average Bonchev–Trinajstić information content (AvgIpc) is 2.75. The van der Waals surface area contributed by atoms with Gasteiger partial charge in [-0.3, -0.25) is 4.79 Å². The van der Waals surface area contributed by atoms with Gasteiger partial charge < -0.3 is 15.1 Å². The number of aryl methyl sites for hydroxylation is 1. The van der Waals surface area contributed by atoms with Gasteiger partial charge in [0, 0.05) is 19.1 Å². The summed E-state index contributed by atoms with van der Waals surface area (Å²) in [4.78, 5) is 14.0. The van der Waals surface area contributed by atoms with Crippen LogP contribution in [0.2, 0.25) is 0 Å². The second-order valence-electron chi connectivity index (χ2n) is 4.92. The minimum Gasteiger partial charge on any atom is -0.456 e. The number of nitrogens with two attached hydrogens (primary N) is 1. The summed E-state index contributed by atoms with van der Waals surface area (Å²) < 4.78 is 5.37. The number of nitrogens with zero attached hydrogens (tertiary/aromatic N) is 1. The molecule has 5 heteroatoms. The number of furan rings is 1. The molecule has 0 bridgehead atoms. The number of piperidine rings is 1. The summed E-state index contributed by atoms with van der Waals surface area (Å²) in [5.74, 6) is 1.61. The van der Waals surface area contributed by atoms with E-state index in [9.17, 15) is 4.79 Å². The monoisotopic (exact) mass is 272 g/mol. The highest BCUT2D eigenvalue weighted by molar-refractivity contribution is 5.91. The standard InChI is InChI=1S/C13H20N2O2.ClH/c1-9-5-6-12(17-9)13(16)15-7-3-4-11(8-15)10(2)14;/h5-6,10-11H,3-4,7-8,14H2,1-2H3;1H. The van der Waals surface area contributed by atoms with E-state index in [1.54, 1.807) is 6.07 Å². The number of hydrogen-bond acceptors (Lipinski definition) is 3. The number of carbonyl (C=O) groups excluding carboxylic acids is 1. The summed E-state index contributed by atoms with van der Waals surface area (Å²) in [5.41, 5.74) is 5.91. The summed E-state index contributed by atoms with van der Waals surface area (Å²) in [5, 5.41) is 0. The maximum Gasteiger partial charge on any atom is 0.289 e. The van der Waals surface area contributed by atoms with Crippen LogP contribution in [0.3, 0.4) is 0 Å². The van der Waals surface area contributed by atoms with E-state index in [2.05, 4.69) is 0 Å². The highest BCUT2D eigenvalue weighted by Crippen LogP contribution is 2.21. The normalized spacial score (nSPS) is 21.3. The van der Waals surface area contributed by atoms with E-state index >= 15 is 0 Å². The molecule has 1 aliphatic heterocycles. The molecule has 2 unspecified atom stereocenters. The Morgan fingerprint density at radius 3 is 2.83 bits per heavy atom. The van der Waals surface area contributed by atoms with Crippen LogP contribution < -0.4 is 5.73 Å². The fourth-order valence-electron chi connectivity index (χ4n) is 2.33. The number of carbonyl (C=O) groups is 1. The van der Waals surface area contributed by atoms with Crippen molar-refractivity contribution in [3.05, 3.63) is 23.7 Å². The Hall–Kier alpha value is -1.00. The van der Waals surface area contributed by atoms with Gasteiger partial charge in [0.15, 0.2) is 5.76 Å². The van der Waals surface area contributed by atoms with Gasteiger partial charge >= 0.3 is 0 Å². The van der Waals surface area contributed by atoms with Gasteiger partial charge in [-0.1, -0.05) is 0 Å². The van der Waals surface area contributed by atoms with E-state index in [1.165, 1.54) is 0 Å². The SMILES string of the molecule is Cc1ccc(C(=O)N2CCCC(C(C)N)C2)o1.Cl. The zero-order valence-electron chi connectivity index (χ0n) is 10.9. The molecule has 2 rings (SSSR count). The molecular formula is C13H21ClN2O2. The Kier molecular flexibility index (Phi) is 5.23. The van der Waals surface area contributed by atoms with Crippen molar-refractivity contribution in [1.82, 2.24) is 4.90 Å². The third-order valence-electron chi connectivity index (χ3n) is 3.44. The fourth-order valence-corrected chi connectivity index (χ4v) is 2.33. The Bertz CT molecular complexity index is 403. The first-order valence-electron chi connectivity index (χ1n) is 6.19. The van der Waals surface area contributed by atoms with Gasteiger partial charge in [0.05, 0.1) is 0 Å². The molecule has 18 heavy (non-hydrogen) atoms. The first-order chi connectivity index (χ1) is 8.08. The predicted molar refractivity (Wildman–Crippen MR) is 73.0 cm³/mol. The summed E-state index contributed by atoms with van der Waals surface area (Å²) in [6, 6.07) is 3.71. The molecule has 0 saturated carbocycles. The third kappa shape index (κ3) is 3.27. The second-order valence-corrected chi connectivity index (χ2v) is 4.92. The van der Waals surface area contributed by atoms with Crippen molar-refractivity contribution < 1.29 is 9.21 Å². The zero-order valence-corrected chi connectivity index (χ0v) is 11.7. The van der Waals surface area contributed by atoms with E-state index in [1.807, 2.05) is 24.8 Å². The van der Waals surface area contributed by atoms with E-state index in [-0.39, 0.29) is 24.4 Å². The molecule has 1 fully saturated rings. The van der Waals surface area contributed by atoms with Crippen LogP contribution in [-0.4, -0.2) is 29.9 Å². The van der Waals surface area contributed by atoms with Crippen LogP contribution in [0.15, 0.2) is 16.5 Å². The maximum atomic E-state index is 12.2. The Balaban J connectivity index is 0.00000162. The quantitative estimate of drug-likeness (QED) is 0.898. The molecule has 1 amide bonds. The van der Waals surface area contributed by atoms with E-state index in [0.717, 1.165) is 31.7 Å². The summed E-state index contributed by atoms with van der Waals surface area (Å²) >= 11 is 0. The lowest BCUT2D eigenvalue weighted by molar-refractivity contribution is 0.0627. The molecule has 1 aromatic rings. The molecule has 1 aromatic heterocycles. The van der Waals surface area contributed by atoms with Crippen LogP contribution in [0.4, 0.5) is 0 Å². The van der Waals surface area contributed by atoms with Crippen molar-refractivity contribution in [3.8, 4) is 0 Å². The Morgan fingerprint density at radius 1 is 1.56 bits per heavy atom. The number of rotatable bonds is 2. The topological polar surface area (TPSA) is 59.5 Å². The molecular weight excluding hydrogens is 252 g/mol. The van der Waals surface area contributed by atoms with Crippen molar-refractivity contribution in [3.63, 3.8) is 0 Å². The van der Waals surface area contributed by atoms with Crippen molar-refractivity contribution in [2.45, 2.75) is 32.7 Å². The van der Waals surface area contributed by atoms with Gasteiger partial charge in [0.1, 0.15) is 5.76 Å². The van der Waals surface area contributed by atoms with Crippen LogP contribution in [0.25, 0.3) is 0 Å². The van der Waals surface area contributed by atoms with Gasteiger partial charge in [0.2, 0.25) is 0 Å². The molecule has 4 nitrogen and oxygen atoms in total. The van der Waals surface area contributed by atoms with Gasteiger partial charge in [0.25, 0.3) is 5.91 Å². The molecule has 0 radical (unpaired) electrons. The van der Waals surface area contributed by atoms with Gasteiger partial charge in [-0.05, 0) is 44.7 Å². The first kappa shape index (κ1) is 15.1. The number of halogens is 1. The number of likely N-dealkylation sites (tertiary alicyclic amines) is 1. The minimum atomic E-state index is -0.0107. The van der Waals surface area contributed by atoms with Crippen LogP contribution in [0.1, 0.15) is 36.1 Å². The van der Waals surface area contributed by atoms with Crippen molar-refractivity contribution in [2.24, 2.45) is 11.7 Å². The molecule has 1 aliphatic rings. The molecule has 2 N–H and O–H groups in total. The van der Waals surface area contributed by atoms with Crippen LogP contribution in [-0.2, 0) is 0 Å². The predicted octanol–water partition coefficient (Wildman–Crippen LogP) is 2.21. The zero-order chi connectivity index (χ0) is 12.4. The van der Waals surface area contributed by atoms with E-state index in [4.69, 9.17) is 10.2 Å². The molecule has 2 atom stereocenters. The largest absolute Gasteiger partial charge is 0.456 e. The fraction of sp³-hybridized carbons (Fsp3) is 0.615. The minimum absolute atomic E-state index is 0. The van der Waals surface area contributed by atoms with Crippen molar-refractivity contribution in [2.75, 3.05) is 13.1 Å². The summed E-state index contributed by atoms with van der Waals surface area (Å²) in [7, 11) is 0. The van der Waals surface area contributed by atoms with Crippen LogP contribution >= 0.6 is 12.4 Å². The molecule has 0 aliphatic carbocycles. The molecule has 2 heterocycles. The average molecular weight is 273 g/mol. The first-order valence-corrected chi connectivity index (χ1v) is 6.19. The number of amides is 1. The highest BCUT2D eigenvalue weighted by atomic mass is 35.5. The van der Waals surface area contributed by atoms with E-state index < -0.39 is 0 Å². The third-order valence-corrected chi connectivity index (χ3v) is 3.44. The lowest BCUT2D eigenvalue weighted by Crippen LogP contribution is -2.44. The second kappa shape index (κ2) is 6.25. The summed E-state index contributed by atoms with van der Waals surface area (Å²) in [6.07, 6.45) is 2.14. The van der Waals surface area contributed by atoms with Gasteiger partial charge in [-0.2, -0.15) is 0 Å². The van der Waals surface area contributed by atoms with Crippen molar-refractivity contribution >= 4 is 18.3 Å². The Labute approximate surface area is 114 Å². The molecule has 0 spiro atoms. The van der Waals surface area contributed by atoms with Gasteiger partial charge in [-0.25, -0.2) is 0 Å². The molecule has 102 valence electrons. The molecule has 0 aromatic carbocycles. The summed E-state index contributed by atoms with van der Waals surface area (Å²) in [6.45, 7) is 5.41.